The van der Waals surface area contributed by atoms with Gasteiger partial charge in [-0.1, -0.05) is 0 Å². The molecule has 0 aliphatic carbocycles. The summed E-state index contributed by atoms with van der Waals surface area (Å²) in [5.41, 5.74) is -2.52. The summed E-state index contributed by atoms with van der Waals surface area (Å²) in [6.45, 7) is -0.255. The second kappa shape index (κ2) is 7.90. The Labute approximate surface area is 154 Å². The van der Waals surface area contributed by atoms with E-state index in [1.165, 1.54) is 6.92 Å². The zero-order valence-corrected chi connectivity index (χ0v) is 14.2. The standard InChI is InChI=1S/C16H13F6N3O3/c1-2-28-14(27)11-7-24-25(12(11)16(20,21)22)10-5-3-9(4-6-10)13(26)23-8-15(17,18)19/h3-7H,2,8H2,1H3,(H,23,26). The maximum Gasteiger partial charge on any atom is 0.434 e. The molecule has 0 saturated carbocycles. The van der Waals surface area contributed by atoms with Crippen molar-refractivity contribution < 1.29 is 40.7 Å². The number of ether oxygens (including phenoxy) is 1. The van der Waals surface area contributed by atoms with E-state index in [-0.39, 0.29) is 17.9 Å². The molecule has 28 heavy (non-hydrogen) atoms. The highest BCUT2D eigenvalue weighted by molar-refractivity contribution is 5.94. The molecule has 0 aliphatic heterocycles. The van der Waals surface area contributed by atoms with Crippen LogP contribution in [0, 0.1) is 0 Å². The zero-order valence-electron chi connectivity index (χ0n) is 14.2. The van der Waals surface area contributed by atoms with Crippen LogP contribution in [0.4, 0.5) is 26.3 Å². The van der Waals surface area contributed by atoms with E-state index in [0.717, 1.165) is 24.3 Å². The van der Waals surface area contributed by atoms with Crippen LogP contribution in [0.15, 0.2) is 30.5 Å². The van der Waals surface area contributed by atoms with E-state index in [0.29, 0.717) is 10.9 Å². The summed E-state index contributed by atoms with van der Waals surface area (Å²) in [5, 5.41) is 5.19. The molecule has 2 rings (SSSR count). The minimum atomic E-state index is -4.94. The summed E-state index contributed by atoms with van der Waals surface area (Å²) < 4.78 is 81.6. The Morgan fingerprint density at radius 3 is 2.21 bits per heavy atom. The molecule has 152 valence electrons. The zero-order chi connectivity index (χ0) is 21.1. The molecule has 0 fully saturated rings. The summed E-state index contributed by atoms with van der Waals surface area (Å²) in [7, 11) is 0. The van der Waals surface area contributed by atoms with Crippen LogP contribution >= 0.6 is 0 Å². The van der Waals surface area contributed by atoms with Crippen LogP contribution in [0.2, 0.25) is 0 Å². The first-order valence-corrected chi connectivity index (χ1v) is 7.71. The summed E-state index contributed by atoms with van der Waals surface area (Å²) in [6, 6.07) is 4.18. The highest BCUT2D eigenvalue weighted by Gasteiger charge is 2.41. The van der Waals surface area contributed by atoms with Gasteiger partial charge in [-0.05, 0) is 31.2 Å². The van der Waals surface area contributed by atoms with Gasteiger partial charge in [0.15, 0.2) is 5.69 Å². The Hall–Kier alpha value is -3.05. The Kier molecular flexibility index (Phi) is 6.00. The number of carbonyl (C=O) groups excluding carboxylic acids is 2. The first-order chi connectivity index (χ1) is 12.9. The number of hydrogen-bond acceptors (Lipinski definition) is 4. The van der Waals surface area contributed by atoms with E-state index in [1.54, 1.807) is 5.32 Å². The van der Waals surface area contributed by atoms with Crippen LogP contribution in [0.3, 0.4) is 0 Å². The molecule has 1 N–H and O–H groups in total. The average molecular weight is 409 g/mol. The van der Waals surface area contributed by atoms with E-state index in [2.05, 4.69) is 9.84 Å². The van der Waals surface area contributed by atoms with Crippen molar-refractivity contribution in [1.82, 2.24) is 15.1 Å². The van der Waals surface area contributed by atoms with Crippen molar-refractivity contribution in [2.75, 3.05) is 13.2 Å². The lowest BCUT2D eigenvalue weighted by Crippen LogP contribution is -2.33. The fourth-order valence-corrected chi connectivity index (χ4v) is 2.21. The fourth-order valence-electron chi connectivity index (χ4n) is 2.21. The van der Waals surface area contributed by atoms with Crippen molar-refractivity contribution in [2.24, 2.45) is 0 Å². The number of nitrogens with one attached hydrogen (secondary N) is 1. The first-order valence-electron chi connectivity index (χ1n) is 7.71. The van der Waals surface area contributed by atoms with Crippen molar-refractivity contribution >= 4 is 11.9 Å². The van der Waals surface area contributed by atoms with Gasteiger partial charge in [-0.2, -0.15) is 31.4 Å². The lowest BCUT2D eigenvalue weighted by molar-refractivity contribution is -0.143. The molecule has 0 aliphatic rings. The number of carbonyl (C=O) groups is 2. The molecule has 0 saturated heterocycles. The van der Waals surface area contributed by atoms with E-state index in [9.17, 15) is 35.9 Å². The van der Waals surface area contributed by atoms with Crippen LogP contribution in [0.5, 0.6) is 0 Å². The quantitative estimate of drug-likeness (QED) is 0.607. The number of nitrogens with zero attached hydrogens (tertiary/aromatic N) is 2. The van der Waals surface area contributed by atoms with Gasteiger partial charge >= 0.3 is 18.3 Å². The molecule has 0 unspecified atom stereocenters. The molecule has 1 heterocycles. The maximum absolute atomic E-state index is 13.4. The topological polar surface area (TPSA) is 73.2 Å². The summed E-state index contributed by atoms with van der Waals surface area (Å²) in [4.78, 5) is 23.4. The molecule has 1 amide bonds. The first kappa shape index (κ1) is 21.3. The van der Waals surface area contributed by atoms with E-state index in [4.69, 9.17) is 0 Å². The molecule has 0 spiro atoms. The monoisotopic (exact) mass is 409 g/mol. The van der Waals surface area contributed by atoms with Crippen LogP contribution in [0.25, 0.3) is 5.69 Å². The van der Waals surface area contributed by atoms with Gasteiger partial charge < -0.3 is 10.1 Å². The predicted molar refractivity (Wildman–Crippen MR) is 82.9 cm³/mol. The van der Waals surface area contributed by atoms with Gasteiger partial charge in [-0.25, -0.2) is 9.48 Å². The normalized spacial score (nSPS) is 12.0. The SMILES string of the molecule is CCOC(=O)c1cnn(-c2ccc(C(=O)NCC(F)(F)F)cc2)c1C(F)(F)F. The third-order valence-electron chi connectivity index (χ3n) is 3.36. The van der Waals surface area contributed by atoms with Crippen LogP contribution in [-0.2, 0) is 10.9 Å². The molecule has 0 bridgehead atoms. The molecule has 0 atom stereocenters. The second-order valence-corrected chi connectivity index (χ2v) is 5.38. The van der Waals surface area contributed by atoms with Crippen molar-refractivity contribution in [2.45, 2.75) is 19.3 Å². The van der Waals surface area contributed by atoms with E-state index >= 15 is 0 Å². The van der Waals surface area contributed by atoms with Gasteiger partial charge in [0.25, 0.3) is 5.91 Å². The molecule has 0 radical (unpaired) electrons. The highest BCUT2D eigenvalue weighted by Crippen LogP contribution is 2.34. The lowest BCUT2D eigenvalue weighted by Gasteiger charge is -2.13. The third kappa shape index (κ3) is 5.02. The number of esters is 1. The minimum absolute atomic E-state index is 0.136. The minimum Gasteiger partial charge on any atom is -0.462 e. The molecule has 2 aromatic rings. The molecule has 1 aromatic carbocycles. The Bertz CT molecular complexity index is 856. The fraction of sp³-hybridized carbons (Fsp3) is 0.312. The molecule has 6 nitrogen and oxygen atoms in total. The molecular formula is C16H13F6N3O3. The van der Waals surface area contributed by atoms with Gasteiger partial charge in [-0.3, -0.25) is 4.79 Å². The van der Waals surface area contributed by atoms with Gasteiger partial charge in [0.2, 0.25) is 0 Å². The number of benzene rings is 1. The van der Waals surface area contributed by atoms with Crippen molar-refractivity contribution in [3.05, 3.63) is 47.3 Å². The maximum atomic E-state index is 13.4. The van der Waals surface area contributed by atoms with E-state index < -0.39 is 42.0 Å². The predicted octanol–water partition coefficient (Wildman–Crippen LogP) is 3.36. The van der Waals surface area contributed by atoms with Gasteiger partial charge in [0.05, 0.1) is 18.5 Å². The number of alkyl halides is 6. The third-order valence-corrected chi connectivity index (χ3v) is 3.36. The smallest absolute Gasteiger partial charge is 0.434 e. The second-order valence-electron chi connectivity index (χ2n) is 5.38. The number of hydrogen-bond donors (Lipinski definition) is 1. The number of aromatic nitrogens is 2. The number of amides is 1. The molecular weight excluding hydrogens is 396 g/mol. The van der Waals surface area contributed by atoms with Crippen molar-refractivity contribution in [3.63, 3.8) is 0 Å². The summed E-state index contributed by atoms with van der Waals surface area (Å²) in [6.07, 6.45) is -8.85. The summed E-state index contributed by atoms with van der Waals surface area (Å²) in [5.74, 6) is -2.25. The Morgan fingerprint density at radius 2 is 1.71 bits per heavy atom. The highest BCUT2D eigenvalue weighted by atomic mass is 19.4. The van der Waals surface area contributed by atoms with Gasteiger partial charge in [0.1, 0.15) is 12.1 Å². The van der Waals surface area contributed by atoms with E-state index in [1.807, 2.05) is 0 Å². The summed E-state index contributed by atoms with van der Waals surface area (Å²) >= 11 is 0. The van der Waals surface area contributed by atoms with Crippen LogP contribution < -0.4 is 5.32 Å². The molecule has 1 aromatic heterocycles. The Morgan fingerprint density at radius 1 is 1.11 bits per heavy atom. The van der Waals surface area contributed by atoms with Gasteiger partial charge in [0, 0.05) is 5.56 Å². The van der Waals surface area contributed by atoms with Crippen LogP contribution in [0.1, 0.15) is 33.3 Å². The van der Waals surface area contributed by atoms with Crippen LogP contribution in [-0.4, -0.2) is 41.0 Å². The largest absolute Gasteiger partial charge is 0.462 e. The van der Waals surface area contributed by atoms with Crippen molar-refractivity contribution in [3.8, 4) is 5.69 Å². The molecule has 12 heteroatoms. The number of halogens is 6. The van der Waals surface area contributed by atoms with Crippen molar-refractivity contribution in [1.29, 1.82) is 0 Å². The number of rotatable bonds is 5. The Balaban J connectivity index is 2.33. The lowest BCUT2D eigenvalue weighted by atomic mass is 10.2. The average Bonchev–Trinajstić information content (AvgIpc) is 3.05. The van der Waals surface area contributed by atoms with Gasteiger partial charge in [-0.15, -0.1) is 0 Å².